The molecule has 1 atom stereocenters. The summed E-state index contributed by atoms with van der Waals surface area (Å²) in [6.07, 6.45) is 0. The largest absolute Gasteiger partial charge is 0.489 e. The molecule has 0 aliphatic carbocycles. The molecule has 0 saturated heterocycles. The van der Waals surface area contributed by atoms with E-state index in [1.165, 1.54) is 0 Å². The zero-order valence-electron chi connectivity index (χ0n) is 16.9. The van der Waals surface area contributed by atoms with Gasteiger partial charge >= 0.3 is 0 Å². The summed E-state index contributed by atoms with van der Waals surface area (Å²) in [6, 6.07) is 24.0. The van der Waals surface area contributed by atoms with Crippen LogP contribution in [0.25, 0.3) is 0 Å². The number of ether oxygens (including phenoxy) is 1. The third kappa shape index (κ3) is 4.79. The third-order valence-corrected chi connectivity index (χ3v) is 5.56. The first-order valence-electron chi connectivity index (χ1n) is 9.87. The van der Waals surface area contributed by atoms with Crippen LogP contribution in [0.5, 0.6) is 5.75 Å². The smallest absolute Gasteiger partial charge is 0.193 e. The van der Waals surface area contributed by atoms with Crippen molar-refractivity contribution in [2.75, 3.05) is 0 Å². The van der Waals surface area contributed by atoms with Crippen molar-refractivity contribution in [3.63, 3.8) is 0 Å². The molecule has 0 fully saturated rings. The number of carbonyl (C=O) groups is 1. The highest BCUT2D eigenvalue weighted by molar-refractivity contribution is 7.80. The summed E-state index contributed by atoms with van der Waals surface area (Å²) in [7, 11) is 0. The Morgan fingerprint density at radius 3 is 2.42 bits per heavy atom. The Morgan fingerprint density at radius 2 is 1.68 bits per heavy atom. The van der Waals surface area contributed by atoms with Crippen molar-refractivity contribution in [2.45, 2.75) is 19.6 Å². The van der Waals surface area contributed by atoms with Gasteiger partial charge in [0, 0.05) is 27.4 Å². The molecule has 1 heterocycles. The summed E-state index contributed by atoms with van der Waals surface area (Å²) in [4.78, 5) is 13.4. The lowest BCUT2D eigenvalue weighted by molar-refractivity contribution is 0.102. The van der Waals surface area contributed by atoms with E-state index in [1.54, 1.807) is 0 Å². The van der Waals surface area contributed by atoms with E-state index in [0.29, 0.717) is 33.6 Å². The molecule has 0 saturated carbocycles. The number of carbonyl (C=O) groups excluding carboxylic acids is 1. The van der Waals surface area contributed by atoms with Crippen molar-refractivity contribution in [3.05, 3.63) is 112 Å². The fourth-order valence-corrected chi connectivity index (χ4v) is 3.96. The van der Waals surface area contributed by atoms with Gasteiger partial charge in [0.05, 0.1) is 6.04 Å². The fraction of sp³-hybridized carbons (Fsp3) is 0.120. The standard InChI is InChI=1S/C25H21ClN2O2S/c1-16-22(24(29)18-7-3-2-4-8-18)23(28-25(31)27-16)20-9-5-6-10-21(20)30-15-17-11-13-19(26)14-12-17/h2-14,23H,15H2,1H3,(H2,27,28,31). The van der Waals surface area contributed by atoms with Crippen LogP contribution in [0.1, 0.15) is 34.5 Å². The van der Waals surface area contributed by atoms with Crippen molar-refractivity contribution < 1.29 is 9.53 Å². The Morgan fingerprint density at radius 1 is 1.00 bits per heavy atom. The third-order valence-electron chi connectivity index (χ3n) is 5.09. The predicted molar refractivity (Wildman–Crippen MR) is 127 cm³/mol. The number of nitrogens with one attached hydrogen (secondary N) is 2. The highest BCUT2D eigenvalue weighted by Crippen LogP contribution is 2.35. The molecule has 2 N–H and O–H groups in total. The number of ketones is 1. The summed E-state index contributed by atoms with van der Waals surface area (Å²) in [5.74, 6) is 0.629. The molecule has 0 amide bonds. The van der Waals surface area contributed by atoms with E-state index < -0.39 is 6.04 Å². The molecule has 1 aliphatic heterocycles. The maximum absolute atomic E-state index is 13.4. The Bertz CT molecular complexity index is 1140. The van der Waals surface area contributed by atoms with Crippen LogP contribution in [0.4, 0.5) is 0 Å². The average Bonchev–Trinajstić information content (AvgIpc) is 2.78. The number of para-hydroxylation sites is 1. The Balaban J connectivity index is 1.68. The molecule has 31 heavy (non-hydrogen) atoms. The minimum Gasteiger partial charge on any atom is -0.489 e. The molecule has 0 aromatic heterocycles. The van der Waals surface area contributed by atoms with Crippen LogP contribution in [0.15, 0.2) is 90.1 Å². The van der Waals surface area contributed by atoms with Crippen LogP contribution in [-0.2, 0) is 6.61 Å². The van der Waals surface area contributed by atoms with Gasteiger partial charge in [0.1, 0.15) is 12.4 Å². The molecule has 1 unspecified atom stereocenters. The molecule has 0 spiro atoms. The van der Waals surface area contributed by atoms with Gasteiger partial charge in [-0.2, -0.15) is 0 Å². The van der Waals surface area contributed by atoms with E-state index in [4.69, 9.17) is 28.6 Å². The predicted octanol–water partition coefficient (Wildman–Crippen LogP) is 5.59. The fourth-order valence-electron chi connectivity index (χ4n) is 3.57. The monoisotopic (exact) mass is 448 g/mol. The van der Waals surface area contributed by atoms with E-state index in [-0.39, 0.29) is 5.78 Å². The first kappa shape index (κ1) is 21.1. The van der Waals surface area contributed by atoms with Gasteiger partial charge in [-0.3, -0.25) is 4.79 Å². The maximum Gasteiger partial charge on any atom is 0.193 e. The summed E-state index contributed by atoms with van der Waals surface area (Å²) in [5, 5.41) is 7.50. The second-order valence-corrected chi connectivity index (χ2v) is 8.06. The van der Waals surface area contributed by atoms with E-state index in [1.807, 2.05) is 85.8 Å². The second kappa shape index (κ2) is 9.33. The molecular formula is C25H21ClN2O2S. The van der Waals surface area contributed by atoms with Gasteiger partial charge in [-0.15, -0.1) is 0 Å². The van der Waals surface area contributed by atoms with Crippen LogP contribution in [0, 0.1) is 0 Å². The van der Waals surface area contributed by atoms with Gasteiger partial charge in [0.2, 0.25) is 0 Å². The number of thiocarbonyl (C=S) groups is 1. The summed E-state index contributed by atoms with van der Waals surface area (Å²) in [6.45, 7) is 2.25. The summed E-state index contributed by atoms with van der Waals surface area (Å²) in [5.41, 5.74) is 3.81. The number of halogens is 1. The van der Waals surface area contributed by atoms with Crippen molar-refractivity contribution in [1.82, 2.24) is 10.6 Å². The normalized spacial score (nSPS) is 15.8. The maximum atomic E-state index is 13.4. The number of Topliss-reactive ketones (excluding diaryl/α,β-unsaturated/α-hetero) is 1. The van der Waals surface area contributed by atoms with Gasteiger partial charge in [-0.05, 0) is 42.9 Å². The lowest BCUT2D eigenvalue weighted by Crippen LogP contribution is -2.45. The zero-order valence-corrected chi connectivity index (χ0v) is 18.5. The molecule has 156 valence electrons. The molecular weight excluding hydrogens is 428 g/mol. The van der Waals surface area contributed by atoms with Crippen LogP contribution in [0.3, 0.4) is 0 Å². The number of benzene rings is 3. The van der Waals surface area contributed by atoms with E-state index in [0.717, 1.165) is 16.8 Å². The van der Waals surface area contributed by atoms with Gasteiger partial charge in [-0.1, -0.05) is 72.3 Å². The van der Waals surface area contributed by atoms with E-state index in [2.05, 4.69) is 10.6 Å². The topological polar surface area (TPSA) is 50.4 Å². The quantitative estimate of drug-likeness (QED) is 0.380. The molecule has 0 bridgehead atoms. The molecule has 3 aromatic carbocycles. The van der Waals surface area contributed by atoms with E-state index in [9.17, 15) is 4.79 Å². The first-order valence-corrected chi connectivity index (χ1v) is 10.7. The summed E-state index contributed by atoms with van der Waals surface area (Å²) >= 11 is 11.4. The van der Waals surface area contributed by atoms with Gasteiger partial charge in [-0.25, -0.2) is 0 Å². The molecule has 3 aromatic rings. The Labute approximate surface area is 191 Å². The Kier molecular flexibility index (Phi) is 6.35. The van der Waals surface area contributed by atoms with Crippen LogP contribution in [0.2, 0.25) is 5.02 Å². The highest BCUT2D eigenvalue weighted by Gasteiger charge is 2.32. The SMILES string of the molecule is CC1=C(C(=O)c2ccccc2)C(c2ccccc2OCc2ccc(Cl)cc2)NC(=S)N1. The van der Waals surface area contributed by atoms with Gasteiger partial charge in [0.25, 0.3) is 0 Å². The minimum absolute atomic E-state index is 0.0573. The number of hydrogen-bond donors (Lipinski definition) is 2. The zero-order chi connectivity index (χ0) is 21.8. The lowest BCUT2D eigenvalue weighted by Gasteiger charge is -2.31. The number of hydrogen-bond acceptors (Lipinski definition) is 3. The average molecular weight is 449 g/mol. The minimum atomic E-state index is -0.428. The van der Waals surface area contributed by atoms with Crippen molar-refractivity contribution in [3.8, 4) is 5.75 Å². The highest BCUT2D eigenvalue weighted by atomic mass is 35.5. The number of rotatable bonds is 6. The molecule has 0 radical (unpaired) electrons. The van der Waals surface area contributed by atoms with Crippen LogP contribution < -0.4 is 15.4 Å². The number of allylic oxidation sites excluding steroid dienone is 1. The molecule has 4 nitrogen and oxygen atoms in total. The molecule has 6 heteroatoms. The van der Waals surface area contributed by atoms with E-state index >= 15 is 0 Å². The first-order chi connectivity index (χ1) is 15.0. The van der Waals surface area contributed by atoms with Crippen LogP contribution in [-0.4, -0.2) is 10.9 Å². The van der Waals surface area contributed by atoms with Crippen molar-refractivity contribution in [1.29, 1.82) is 0 Å². The van der Waals surface area contributed by atoms with Gasteiger partial charge < -0.3 is 15.4 Å². The summed E-state index contributed by atoms with van der Waals surface area (Å²) < 4.78 is 6.14. The van der Waals surface area contributed by atoms with Crippen LogP contribution >= 0.6 is 23.8 Å². The van der Waals surface area contributed by atoms with Gasteiger partial charge in [0.15, 0.2) is 10.9 Å². The molecule has 1 aliphatic rings. The molecule has 4 rings (SSSR count). The Hall–Kier alpha value is -3.15. The lowest BCUT2D eigenvalue weighted by atomic mass is 9.89. The van der Waals surface area contributed by atoms with Crippen molar-refractivity contribution in [2.24, 2.45) is 0 Å². The second-order valence-electron chi connectivity index (χ2n) is 7.22. The van der Waals surface area contributed by atoms with Crippen molar-refractivity contribution >= 4 is 34.7 Å².